The summed E-state index contributed by atoms with van der Waals surface area (Å²) in [6.07, 6.45) is 0. The number of para-hydroxylation sites is 1. The van der Waals surface area contributed by atoms with Crippen LogP contribution >= 0.6 is 0 Å². The fraction of sp³-hybridized carbons (Fsp3) is 0.0417. The highest BCUT2D eigenvalue weighted by Gasteiger charge is 2.22. The third kappa shape index (κ3) is 2.84. The molecule has 5 heteroatoms. The van der Waals surface area contributed by atoms with Gasteiger partial charge in [0, 0.05) is 11.1 Å². The van der Waals surface area contributed by atoms with E-state index in [1.807, 2.05) is 96.5 Å². The quantitative estimate of drug-likeness (QED) is 0.493. The average molecular weight is 378 g/mol. The van der Waals surface area contributed by atoms with E-state index >= 15 is 0 Å². The summed E-state index contributed by atoms with van der Waals surface area (Å²) in [7, 11) is 0. The minimum absolute atomic E-state index is 0.302. The summed E-state index contributed by atoms with van der Waals surface area (Å²) in [6.45, 7) is 2.04. The van der Waals surface area contributed by atoms with Crippen LogP contribution in [0.15, 0.2) is 89.7 Å². The highest BCUT2D eigenvalue weighted by Crippen LogP contribution is 2.35. The molecular formula is C24H18N4O. The molecule has 2 heterocycles. The molecule has 5 rings (SSSR count). The molecule has 5 nitrogen and oxygen atoms in total. The maximum atomic E-state index is 12.7. The van der Waals surface area contributed by atoms with Crippen LogP contribution in [0.3, 0.4) is 0 Å². The molecule has 0 atom stereocenters. The van der Waals surface area contributed by atoms with Gasteiger partial charge >= 0.3 is 0 Å². The number of nitrogens with zero attached hydrogens (tertiary/aromatic N) is 3. The van der Waals surface area contributed by atoms with Crippen LogP contribution in [0.4, 0.5) is 0 Å². The first-order valence-corrected chi connectivity index (χ1v) is 9.42. The molecule has 3 aromatic carbocycles. The van der Waals surface area contributed by atoms with Crippen LogP contribution in [0, 0.1) is 6.92 Å². The average Bonchev–Trinajstić information content (AvgIpc) is 3.17. The number of aryl methyl sites for hydroxylation is 1. The van der Waals surface area contributed by atoms with Crippen molar-refractivity contribution in [3.05, 3.63) is 101 Å². The van der Waals surface area contributed by atoms with E-state index in [9.17, 15) is 4.79 Å². The second-order valence-electron chi connectivity index (χ2n) is 6.90. The predicted molar refractivity (Wildman–Crippen MR) is 115 cm³/mol. The van der Waals surface area contributed by atoms with Crippen molar-refractivity contribution in [2.24, 2.45) is 0 Å². The minimum atomic E-state index is -0.302. The van der Waals surface area contributed by atoms with Crippen molar-refractivity contribution in [1.29, 1.82) is 0 Å². The van der Waals surface area contributed by atoms with Gasteiger partial charge in [-0.2, -0.15) is 10.2 Å². The maximum Gasteiger partial charge on any atom is 0.292 e. The molecule has 0 radical (unpaired) electrons. The third-order valence-electron chi connectivity index (χ3n) is 5.04. The predicted octanol–water partition coefficient (Wildman–Crippen LogP) is 4.75. The Balaban J connectivity index is 1.96. The molecule has 140 valence electrons. The number of H-pyrrole nitrogens is 1. The van der Waals surface area contributed by atoms with Gasteiger partial charge in [0.05, 0.1) is 16.8 Å². The molecule has 0 spiro atoms. The lowest BCUT2D eigenvalue weighted by Gasteiger charge is -2.11. The van der Waals surface area contributed by atoms with E-state index in [4.69, 9.17) is 5.10 Å². The van der Waals surface area contributed by atoms with Crippen molar-refractivity contribution in [1.82, 2.24) is 20.0 Å². The van der Waals surface area contributed by atoms with Crippen molar-refractivity contribution in [2.45, 2.75) is 6.92 Å². The van der Waals surface area contributed by atoms with Crippen molar-refractivity contribution in [2.75, 3.05) is 0 Å². The SMILES string of the molecule is Cc1ccccc1-n1nc2c(=O)[nH]nc(-c3ccccc3)c2c1-c1ccccc1. The summed E-state index contributed by atoms with van der Waals surface area (Å²) in [5.41, 5.74) is 5.54. The Hall–Kier alpha value is -3.99. The molecule has 0 saturated carbocycles. The summed E-state index contributed by atoms with van der Waals surface area (Å²) >= 11 is 0. The summed E-state index contributed by atoms with van der Waals surface area (Å²) < 4.78 is 1.86. The molecule has 0 aliphatic rings. The molecule has 0 aliphatic carbocycles. The minimum Gasteiger partial charge on any atom is -0.265 e. The van der Waals surface area contributed by atoms with Crippen LogP contribution in [-0.4, -0.2) is 20.0 Å². The number of aromatic nitrogens is 4. The first-order valence-electron chi connectivity index (χ1n) is 9.42. The van der Waals surface area contributed by atoms with E-state index in [2.05, 4.69) is 10.2 Å². The summed E-state index contributed by atoms with van der Waals surface area (Å²) in [5.74, 6) is 0. The number of rotatable bonds is 3. The molecule has 29 heavy (non-hydrogen) atoms. The smallest absolute Gasteiger partial charge is 0.265 e. The molecule has 2 aromatic heterocycles. The van der Waals surface area contributed by atoms with Crippen molar-refractivity contribution in [3.63, 3.8) is 0 Å². The zero-order valence-electron chi connectivity index (χ0n) is 15.8. The summed E-state index contributed by atoms with van der Waals surface area (Å²) in [5, 5.41) is 12.5. The number of fused-ring (bicyclic) bond motifs is 1. The molecule has 1 N–H and O–H groups in total. The fourth-order valence-corrected chi connectivity index (χ4v) is 3.66. The van der Waals surface area contributed by atoms with Gasteiger partial charge in [-0.15, -0.1) is 0 Å². The fourth-order valence-electron chi connectivity index (χ4n) is 3.66. The lowest BCUT2D eigenvalue weighted by atomic mass is 10.0. The molecule has 0 unspecified atom stereocenters. The van der Waals surface area contributed by atoms with Gasteiger partial charge in [0.15, 0.2) is 5.52 Å². The largest absolute Gasteiger partial charge is 0.292 e. The van der Waals surface area contributed by atoms with Crippen LogP contribution in [-0.2, 0) is 0 Å². The normalized spacial score (nSPS) is 11.1. The maximum absolute atomic E-state index is 12.7. The van der Waals surface area contributed by atoms with Gasteiger partial charge < -0.3 is 0 Å². The number of nitrogens with one attached hydrogen (secondary N) is 1. The van der Waals surface area contributed by atoms with Gasteiger partial charge in [0.1, 0.15) is 5.69 Å². The number of hydrogen-bond donors (Lipinski definition) is 1. The Kier molecular flexibility index (Phi) is 4.06. The van der Waals surface area contributed by atoms with E-state index in [0.717, 1.165) is 33.5 Å². The molecule has 0 aliphatic heterocycles. The highest BCUT2D eigenvalue weighted by atomic mass is 16.1. The second-order valence-corrected chi connectivity index (χ2v) is 6.90. The van der Waals surface area contributed by atoms with Crippen molar-refractivity contribution in [3.8, 4) is 28.2 Å². The van der Waals surface area contributed by atoms with Crippen molar-refractivity contribution < 1.29 is 0 Å². The molecule has 0 bridgehead atoms. The molecule has 0 fully saturated rings. The van der Waals surface area contributed by atoms with E-state index in [1.165, 1.54) is 0 Å². The lowest BCUT2D eigenvalue weighted by molar-refractivity contribution is 0.890. The highest BCUT2D eigenvalue weighted by molar-refractivity contribution is 6.02. The molecule has 0 amide bonds. The lowest BCUT2D eigenvalue weighted by Crippen LogP contribution is -2.09. The van der Waals surface area contributed by atoms with Gasteiger partial charge in [0.25, 0.3) is 5.56 Å². The standard InChI is InChI=1S/C24H18N4O/c1-16-10-8-9-15-19(16)28-23(18-13-6-3-7-14-18)20-21(17-11-4-2-5-12-17)25-26-24(29)22(20)27-28/h2-15H,1H3,(H,26,29). The van der Waals surface area contributed by atoms with Gasteiger partial charge in [-0.1, -0.05) is 78.9 Å². The Morgan fingerprint density at radius 3 is 2.10 bits per heavy atom. The van der Waals surface area contributed by atoms with Crippen LogP contribution in [0.1, 0.15) is 5.56 Å². The van der Waals surface area contributed by atoms with Gasteiger partial charge in [-0.3, -0.25) is 4.79 Å². The van der Waals surface area contributed by atoms with Gasteiger partial charge in [0.2, 0.25) is 0 Å². The molecule has 5 aromatic rings. The summed E-state index contributed by atoms with van der Waals surface area (Å²) in [6, 6.07) is 27.9. The number of hydrogen-bond acceptors (Lipinski definition) is 3. The second kappa shape index (κ2) is 6.87. The Morgan fingerprint density at radius 1 is 0.793 bits per heavy atom. The molecular weight excluding hydrogens is 360 g/mol. The molecule has 0 saturated heterocycles. The van der Waals surface area contributed by atoms with E-state index in [-0.39, 0.29) is 5.56 Å². The Labute approximate surface area is 167 Å². The monoisotopic (exact) mass is 378 g/mol. The Morgan fingerprint density at radius 2 is 1.41 bits per heavy atom. The number of benzene rings is 3. The van der Waals surface area contributed by atoms with Crippen molar-refractivity contribution >= 4 is 10.9 Å². The van der Waals surface area contributed by atoms with E-state index in [1.54, 1.807) is 0 Å². The topological polar surface area (TPSA) is 63.6 Å². The first-order chi connectivity index (χ1) is 14.2. The van der Waals surface area contributed by atoms with Crippen LogP contribution in [0.25, 0.3) is 39.1 Å². The Bertz CT molecular complexity index is 1370. The van der Waals surface area contributed by atoms with Gasteiger partial charge in [-0.05, 0) is 18.6 Å². The van der Waals surface area contributed by atoms with Crippen LogP contribution in [0.2, 0.25) is 0 Å². The van der Waals surface area contributed by atoms with Crippen LogP contribution < -0.4 is 5.56 Å². The first kappa shape index (κ1) is 17.1. The number of aromatic amines is 1. The van der Waals surface area contributed by atoms with Crippen LogP contribution in [0.5, 0.6) is 0 Å². The van der Waals surface area contributed by atoms with Gasteiger partial charge in [-0.25, -0.2) is 9.78 Å². The van der Waals surface area contributed by atoms with E-state index < -0.39 is 0 Å². The summed E-state index contributed by atoms with van der Waals surface area (Å²) in [4.78, 5) is 12.7. The zero-order chi connectivity index (χ0) is 19.8. The van der Waals surface area contributed by atoms with E-state index in [0.29, 0.717) is 11.2 Å². The third-order valence-corrected chi connectivity index (χ3v) is 5.04. The zero-order valence-corrected chi connectivity index (χ0v) is 15.8.